The van der Waals surface area contributed by atoms with Crippen molar-refractivity contribution in [3.8, 4) is 11.3 Å². The third-order valence-electron chi connectivity index (χ3n) is 2.40. The minimum absolute atomic E-state index is 0.670. The number of hydrogen-bond acceptors (Lipinski definition) is 3. The molecule has 96 valence electrons. The Labute approximate surface area is 123 Å². The van der Waals surface area contributed by atoms with Gasteiger partial charge in [0.15, 0.2) is 5.76 Å². The second kappa shape index (κ2) is 6.50. The minimum atomic E-state index is 0.670. The Bertz CT molecular complexity index is 505. The van der Waals surface area contributed by atoms with Crippen molar-refractivity contribution >= 4 is 31.9 Å². The van der Waals surface area contributed by atoms with Crippen molar-refractivity contribution in [3.63, 3.8) is 0 Å². The molecule has 0 saturated heterocycles. The van der Waals surface area contributed by atoms with Crippen LogP contribution in [0.3, 0.4) is 0 Å². The van der Waals surface area contributed by atoms with E-state index >= 15 is 0 Å². The number of oxazole rings is 1. The zero-order chi connectivity index (χ0) is 13.0. The molecule has 5 heteroatoms. The Morgan fingerprint density at radius 1 is 1.22 bits per heavy atom. The lowest BCUT2D eigenvalue weighted by atomic mass is 10.2. The van der Waals surface area contributed by atoms with Crippen molar-refractivity contribution in [2.75, 3.05) is 6.54 Å². The fourth-order valence-corrected chi connectivity index (χ4v) is 2.89. The first-order valence-corrected chi connectivity index (χ1v) is 7.39. The molecule has 0 aliphatic heterocycles. The van der Waals surface area contributed by atoms with Crippen LogP contribution in [0.5, 0.6) is 0 Å². The molecule has 18 heavy (non-hydrogen) atoms. The van der Waals surface area contributed by atoms with Crippen LogP contribution in [-0.2, 0) is 6.54 Å². The molecule has 0 atom stereocenters. The van der Waals surface area contributed by atoms with E-state index < -0.39 is 0 Å². The number of nitrogens with one attached hydrogen (secondary N) is 1. The van der Waals surface area contributed by atoms with E-state index in [9.17, 15) is 0 Å². The molecule has 1 aromatic carbocycles. The van der Waals surface area contributed by atoms with Crippen LogP contribution in [0, 0.1) is 0 Å². The standard InChI is InChI=1S/C13H14Br2N2O/c1-2-3-16-8-13-17-7-12(18-13)9-4-10(14)6-11(15)5-9/h4-7,16H,2-3,8H2,1H3. The molecule has 0 bridgehead atoms. The highest BCUT2D eigenvalue weighted by atomic mass is 79.9. The minimum Gasteiger partial charge on any atom is -0.439 e. The smallest absolute Gasteiger partial charge is 0.208 e. The highest BCUT2D eigenvalue weighted by molar-refractivity contribution is 9.11. The van der Waals surface area contributed by atoms with Crippen molar-refractivity contribution in [3.05, 3.63) is 39.2 Å². The van der Waals surface area contributed by atoms with Gasteiger partial charge in [0.2, 0.25) is 5.89 Å². The second-order valence-corrected chi connectivity index (χ2v) is 5.78. The molecule has 0 fully saturated rings. The van der Waals surface area contributed by atoms with Crippen LogP contribution in [0.25, 0.3) is 11.3 Å². The molecule has 0 spiro atoms. The van der Waals surface area contributed by atoms with Crippen molar-refractivity contribution < 1.29 is 4.42 Å². The molecule has 0 aliphatic rings. The average Bonchev–Trinajstić information content (AvgIpc) is 2.77. The van der Waals surface area contributed by atoms with Gasteiger partial charge in [-0.25, -0.2) is 4.98 Å². The molecule has 0 aliphatic carbocycles. The van der Waals surface area contributed by atoms with E-state index in [1.165, 1.54) is 0 Å². The van der Waals surface area contributed by atoms with Gasteiger partial charge in [0.25, 0.3) is 0 Å². The summed E-state index contributed by atoms with van der Waals surface area (Å²) < 4.78 is 7.73. The Hall–Kier alpha value is -0.650. The van der Waals surface area contributed by atoms with E-state index in [-0.39, 0.29) is 0 Å². The number of aromatic nitrogens is 1. The monoisotopic (exact) mass is 372 g/mol. The molecular weight excluding hydrogens is 360 g/mol. The van der Waals surface area contributed by atoms with Crippen LogP contribution < -0.4 is 5.32 Å². The lowest BCUT2D eigenvalue weighted by Gasteiger charge is -2.00. The Morgan fingerprint density at radius 3 is 2.61 bits per heavy atom. The topological polar surface area (TPSA) is 38.1 Å². The van der Waals surface area contributed by atoms with Crippen molar-refractivity contribution in [2.24, 2.45) is 0 Å². The molecule has 1 heterocycles. The SMILES string of the molecule is CCCNCc1ncc(-c2cc(Br)cc(Br)c2)o1. The maximum atomic E-state index is 5.71. The zero-order valence-corrected chi connectivity index (χ0v) is 13.2. The van der Waals surface area contributed by atoms with Crippen molar-refractivity contribution in [1.29, 1.82) is 0 Å². The molecule has 1 N–H and O–H groups in total. The number of benzene rings is 1. The normalized spacial score (nSPS) is 10.8. The molecule has 2 rings (SSSR count). The van der Waals surface area contributed by atoms with Gasteiger partial charge in [-0.3, -0.25) is 0 Å². The van der Waals surface area contributed by atoms with Gasteiger partial charge in [-0.1, -0.05) is 38.8 Å². The van der Waals surface area contributed by atoms with E-state index in [4.69, 9.17) is 4.42 Å². The summed E-state index contributed by atoms with van der Waals surface area (Å²) in [6.07, 6.45) is 2.86. The number of hydrogen-bond donors (Lipinski definition) is 1. The van der Waals surface area contributed by atoms with Gasteiger partial charge in [0.05, 0.1) is 12.7 Å². The largest absolute Gasteiger partial charge is 0.439 e. The van der Waals surface area contributed by atoms with Crippen molar-refractivity contribution in [1.82, 2.24) is 10.3 Å². The highest BCUT2D eigenvalue weighted by Gasteiger charge is 2.07. The average molecular weight is 374 g/mol. The summed E-state index contributed by atoms with van der Waals surface area (Å²) in [6, 6.07) is 6.01. The molecule has 3 nitrogen and oxygen atoms in total. The fourth-order valence-electron chi connectivity index (χ4n) is 1.59. The first kappa shape index (κ1) is 13.8. The predicted molar refractivity (Wildman–Crippen MR) is 79.3 cm³/mol. The van der Waals surface area contributed by atoms with E-state index in [2.05, 4.69) is 49.1 Å². The van der Waals surface area contributed by atoms with Gasteiger partial charge in [0, 0.05) is 14.5 Å². The summed E-state index contributed by atoms with van der Waals surface area (Å²) >= 11 is 6.93. The lowest BCUT2D eigenvalue weighted by molar-refractivity contribution is 0.478. The van der Waals surface area contributed by atoms with Crippen LogP contribution in [0.1, 0.15) is 19.2 Å². The van der Waals surface area contributed by atoms with E-state index in [0.717, 1.165) is 39.1 Å². The van der Waals surface area contributed by atoms with Gasteiger partial charge in [0.1, 0.15) is 0 Å². The maximum absolute atomic E-state index is 5.71. The predicted octanol–water partition coefficient (Wildman–Crippen LogP) is 4.37. The van der Waals surface area contributed by atoms with E-state index in [1.54, 1.807) is 6.20 Å². The van der Waals surface area contributed by atoms with Gasteiger partial charge in [-0.05, 0) is 31.2 Å². The van der Waals surface area contributed by atoms with E-state index in [0.29, 0.717) is 6.54 Å². The summed E-state index contributed by atoms with van der Waals surface area (Å²) in [6.45, 7) is 3.77. The third kappa shape index (κ3) is 3.67. The summed E-state index contributed by atoms with van der Waals surface area (Å²) in [5, 5.41) is 3.26. The third-order valence-corrected chi connectivity index (χ3v) is 3.32. The molecule has 1 aromatic heterocycles. The molecule has 0 radical (unpaired) electrons. The lowest BCUT2D eigenvalue weighted by Crippen LogP contribution is -2.13. The zero-order valence-electron chi connectivity index (χ0n) is 10.0. The summed E-state index contributed by atoms with van der Waals surface area (Å²) in [4.78, 5) is 4.26. The fraction of sp³-hybridized carbons (Fsp3) is 0.308. The first-order valence-electron chi connectivity index (χ1n) is 5.81. The quantitative estimate of drug-likeness (QED) is 0.791. The van der Waals surface area contributed by atoms with Gasteiger partial charge >= 0.3 is 0 Å². The van der Waals surface area contributed by atoms with Gasteiger partial charge in [-0.15, -0.1) is 0 Å². The van der Waals surface area contributed by atoms with Crippen LogP contribution in [0.2, 0.25) is 0 Å². The Kier molecular flexibility index (Phi) is 4.97. The van der Waals surface area contributed by atoms with Gasteiger partial charge in [-0.2, -0.15) is 0 Å². The van der Waals surface area contributed by atoms with Gasteiger partial charge < -0.3 is 9.73 Å². The summed E-state index contributed by atoms with van der Waals surface area (Å²) in [7, 11) is 0. The number of nitrogens with zero attached hydrogens (tertiary/aromatic N) is 1. The maximum Gasteiger partial charge on any atom is 0.208 e. The number of halogens is 2. The Balaban J connectivity index is 2.13. The molecule has 0 amide bonds. The summed E-state index contributed by atoms with van der Waals surface area (Å²) in [5.74, 6) is 1.50. The van der Waals surface area contributed by atoms with E-state index in [1.807, 2.05) is 18.2 Å². The second-order valence-electron chi connectivity index (χ2n) is 3.95. The Morgan fingerprint density at radius 2 is 1.94 bits per heavy atom. The summed E-state index contributed by atoms with van der Waals surface area (Å²) in [5.41, 5.74) is 1.01. The molecule has 0 saturated carbocycles. The first-order chi connectivity index (χ1) is 8.69. The van der Waals surface area contributed by atoms with Crippen LogP contribution in [-0.4, -0.2) is 11.5 Å². The molecular formula is C13H14Br2N2O. The molecule has 2 aromatic rings. The van der Waals surface area contributed by atoms with Crippen LogP contribution >= 0.6 is 31.9 Å². The highest BCUT2D eigenvalue weighted by Crippen LogP contribution is 2.28. The van der Waals surface area contributed by atoms with Crippen LogP contribution in [0.4, 0.5) is 0 Å². The molecule has 0 unspecified atom stereocenters. The van der Waals surface area contributed by atoms with Crippen molar-refractivity contribution in [2.45, 2.75) is 19.9 Å². The van der Waals surface area contributed by atoms with Crippen LogP contribution in [0.15, 0.2) is 37.8 Å². The number of rotatable bonds is 5.